The molecule has 0 radical (unpaired) electrons. The van der Waals surface area contributed by atoms with Gasteiger partial charge in [-0.15, -0.1) is 0 Å². The number of rotatable bonds is 9. The number of imide groups is 1. The third-order valence-electron chi connectivity index (χ3n) is 5.51. The number of sulfonamides is 1. The van der Waals surface area contributed by atoms with E-state index in [4.69, 9.17) is 16.0 Å². The van der Waals surface area contributed by atoms with E-state index >= 15 is 0 Å². The normalized spacial score (nSPS) is 13.8. The molecule has 1 aliphatic heterocycles. The van der Waals surface area contributed by atoms with Gasteiger partial charge in [-0.05, 0) is 72.8 Å². The summed E-state index contributed by atoms with van der Waals surface area (Å²) < 4.78 is 33.2. The van der Waals surface area contributed by atoms with Gasteiger partial charge < -0.3 is 9.73 Å². The van der Waals surface area contributed by atoms with Gasteiger partial charge in [0, 0.05) is 21.3 Å². The maximum absolute atomic E-state index is 13.3. The standard InChI is InChI=1S/C27H20ClN3O5S2/c28-18-8-14-23(15-9-18)38(34,35)30-20-10-12-22(13-11-20)37-25-24(29-19-5-2-1-3-6-19)26(32)31(27(25)33)17-21-7-4-16-36-21/h1-16,29-30H,17H2. The van der Waals surface area contributed by atoms with Crippen LogP contribution in [0.3, 0.4) is 0 Å². The van der Waals surface area contributed by atoms with E-state index in [1.165, 1.54) is 30.5 Å². The third kappa shape index (κ3) is 5.62. The predicted molar refractivity (Wildman–Crippen MR) is 146 cm³/mol. The Morgan fingerprint density at radius 1 is 0.816 bits per heavy atom. The second-order valence-electron chi connectivity index (χ2n) is 8.16. The van der Waals surface area contributed by atoms with Crippen LogP contribution in [0.1, 0.15) is 5.76 Å². The molecule has 0 unspecified atom stereocenters. The molecule has 1 aliphatic rings. The molecule has 0 saturated carbocycles. The van der Waals surface area contributed by atoms with E-state index in [9.17, 15) is 18.0 Å². The number of carbonyl (C=O) groups is 2. The first-order chi connectivity index (χ1) is 18.3. The van der Waals surface area contributed by atoms with Gasteiger partial charge in [0.1, 0.15) is 16.4 Å². The summed E-state index contributed by atoms with van der Waals surface area (Å²) >= 11 is 6.96. The topological polar surface area (TPSA) is 109 Å². The van der Waals surface area contributed by atoms with Gasteiger partial charge in [-0.25, -0.2) is 8.42 Å². The molecule has 8 nitrogen and oxygen atoms in total. The lowest BCUT2D eigenvalue weighted by Crippen LogP contribution is -2.31. The third-order valence-corrected chi connectivity index (χ3v) is 8.25. The quantitative estimate of drug-likeness (QED) is 0.250. The SMILES string of the molecule is O=C1C(Nc2ccccc2)=C(Sc2ccc(NS(=O)(=O)c3ccc(Cl)cc3)cc2)C(=O)N1Cc1ccco1. The molecule has 0 aliphatic carbocycles. The first-order valence-corrected chi connectivity index (χ1v) is 14.0. The summed E-state index contributed by atoms with van der Waals surface area (Å²) in [4.78, 5) is 28.7. The molecule has 11 heteroatoms. The molecular weight excluding hydrogens is 546 g/mol. The highest BCUT2D eigenvalue weighted by Gasteiger charge is 2.39. The highest BCUT2D eigenvalue weighted by molar-refractivity contribution is 8.04. The number of benzene rings is 3. The smallest absolute Gasteiger partial charge is 0.278 e. The Labute approximate surface area is 228 Å². The molecule has 2 heterocycles. The Kier molecular flexibility index (Phi) is 7.28. The zero-order chi connectivity index (χ0) is 26.7. The summed E-state index contributed by atoms with van der Waals surface area (Å²) in [5.41, 5.74) is 1.16. The highest BCUT2D eigenvalue weighted by atomic mass is 35.5. The van der Waals surface area contributed by atoms with Gasteiger partial charge in [0.25, 0.3) is 21.8 Å². The fourth-order valence-corrected chi connectivity index (χ4v) is 5.79. The summed E-state index contributed by atoms with van der Waals surface area (Å²) in [7, 11) is -3.81. The minimum Gasteiger partial charge on any atom is -0.467 e. The van der Waals surface area contributed by atoms with E-state index in [0.717, 1.165) is 16.7 Å². The summed E-state index contributed by atoms with van der Waals surface area (Å²) in [5, 5.41) is 3.51. The van der Waals surface area contributed by atoms with Crippen LogP contribution >= 0.6 is 23.4 Å². The van der Waals surface area contributed by atoms with Crippen LogP contribution in [0.2, 0.25) is 5.02 Å². The Bertz CT molecular complexity index is 1600. The number of halogens is 1. The van der Waals surface area contributed by atoms with E-state index in [1.807, 2.05) is 18.2 Å². The number of furan rings is 1. The zero-order valence-corrected chi connectivity index (χ0v) is 22.0. The number of nitrogens with one attached hydrogen (secondary N) is 2. The van der Waals surface area contributed by atoms with Gasteiger partial charge in [0.05, 0.1) is 17.7 Å². The number of amides is 2. The second kappa shape index (κ2) is 10.8. The van der Waals surface area contributed by atoms with Crippen LogP contribution in [0.4, 0.5) is 11.4 Å². The molecule has 38 heavy (non-hydrogen) atoms. The molecule has 0 spiro atoms. The van der Waals surface area contributed by atoms with Crippen LogP contribution in [0.5, 0.6) is 0 Å². The minimum absolute atomic E-state index is 0.000111. The van der Waals surface area contributed by atoms with Crippen LogP contribution in [0, 0.1) is 0 Å². The number of carbonyl (C=O) groups excluding carboxylic acids is 2. The van der Waals surface area contributed by atoms with Gasteiger partial charge in [0.2, 0.25) is 0 Å². The van der Waals surface area contributed by atoms with E-state index < -0.39 is 21.8 Å². The Hall–Kier alpha value is -3.99. The van der Waals surface area contributed by atoms with Gasteiger partial charge in [0.15, 0.2) is 0 Å². The molecule has 1 aromatic heterocycles. The van der Waals surface area contributed by atoms with Gasteiger partial charge in [-0.3, -0.25) is 19.2 Å². The number of anilines is 2. The molecule has 192 valence electrons. The van der Waals surface area contributed by atoms with Gasteiger partial charge >= 0.3 is 0 Å². The average Bonchev–Trinajstić information content (AvgIpc) is 3.50. The van der Waals surface area contributed by atoms with E-state index in [2.05, 4.69) is 10.0 Å². The number of hydrogen-bond donors (Lipinski definition) is 2. The van der Waals surface area contributed by atoms with Crippen molar-refractivity contribution in [3.8, 4) is 0 Å². The lowest BCUT2D eigenvalue weighted by molar-refractivity contribution is -0.138. The molecule has 4 aromatic rings. The maximum atomic E-state index is 13.3. The Morgan fingerprint density at radius 2 is 1.53 bits per heavy atom. The molecule has 0 atom stereocenters. The van der Waals surface area contributed by atoms with Crippen molar-refractivity contribution >= 4 is 56.6 Å². The van der Waals surface area contributed by atoms with Gasteiger partial charge in [-0.2, -0.15) is 0 Å². The monoisotopic (exact) mass is 565 g/mol. The molecule has 2 N–H and O–H groups in total. The van der Waals surface area contributed by atoms with Crippen molar-refractivity contribution in [3.05, 3.63) is 119 Å². The lowest BCUT2D eigenvalue weighted by atomic mass is 10.3. The van der Waals surface area contributed by atoms with Crippen molar-refractivity contribution in [2.24, 2.45) is 0 Å². The number of thioether (sulfide) groups is 1. The summed E-state index contributed by atoms with van der Waals surface area (Å²) in [6.45, 7) is 0.000111. The maximum Gasteiger partial charge on any atom is 0.278 e. The second-order valence-corrected chi connectivity index (χ2v) is 11.4. The van der Waals surface area contributed by atoms with Crippen molar-refractivity contribution < 1.29 is 22.4 Å². The highest BCUT2D eigenvalue weighted by Crippen LogP contribution is 2.37. The summed E-state index contributed by atoms with van der Waals surface area (Å²) in [5.74, 6) is -0.443. The van der Waals surface area contributed by atoms with Crippen LogP contribution in [0.15, 0.2) is 122 Å². The molecule has 0 bridgehead atoms. The van der Waals surface area contributed by atoms with Crippen molar-refractivity contribution in [3.63, 3.8) is 0 Å². The summed E-state index contributed by atoms with van der Waals surface area (Å²) in [6.07, 6.45) is 1.48. The molecule has 3 aromatic carbocycles. The first-order valence-electron chi connectivity index (χ1n) is 11.3. The largest absolute Gasteiger partial charge is 0.467 e. The van der Waals surface area contributed by atoms with Gasteiger partial charge in [-0.1, -0.05) is 41.6 Å². The zero-order valence-electron chi connectivity index (χ0n) is 19.6. The lowest BCUT2D eigenvalue weighted by Gasteiger charge is -2.13. The number of nitrogens with zero attached hydrogens (tertiary/aromatic N) is 1. The Morgan fingerprint density at radius 3 is 2.18 bits per heavy atom. The molecule has 0 saturated heterocycles. The number of para-hydroxylation sites is 1. The van der Waals surface area contributed by atoms with E-state index in [1.54, 1.807) is 48.5 Å². The molecule has 2 amide bonds. The predicted octanol–water partition coefficient (Wildman–Crippen LogP) is 5.72. The van der Waals surface area contributed by atoms with Crippen LogP contribution in [0.25, 0.3) is 0 Å². The van der Waals surface area contributed by atoms with E-state index in [0.29, 0.717) is 27.1 Å². The van der Waals surface area contributed by atoms with Crippen molar-refractivity contribution in [1.82, 2.24) is 4.90 Å². The fraction of sp³-hybridized carbons (Fsp3) is 0.0370. The van der Waals surface area contributed by atoms with Crippen molar-refractivity contribution in [1.29, 1.82) is 0 Å². The van der Waals surface area contributed by atoms with Crippen molar-refractivity contribution in [2.45, 2.75) is 16.3 Å². The number of hydrogen-bond acceptors (Lipinski definition) is 7. The van der Waals surface area contributed by atoms with Crippen molar-refractivity contribution in [2.75, 3.05) is 10.0 Å². The van der Waals surface area contributed by atoms with Crippen LogP contribution in [-0.2, 0) is 26.2 Å². The average molecular weight is 566 g/mol. The molecule has 0 fully saturated rings. The molecule has 5 rings (SSSR count). The Balaban J connectivity index is 1.38. The van der Waals surface area contributed by atoms with E-state index in [-0.39, 0.29) is 22.0 Å². The molecular formula is C27H20ClN3O5S2. The van der Waals surface area contributed by atoms with Crippen LogP contribution < -0.4 is 10.0 Å². The van der Waals surface area contributed by atoms with Crippen LogP contribution in [-0.4, -0.2) is 25.1 Å². The summed E-state index contributed by atoms with van der Waals surface area (Å²) in [6, 6.07) is 24.8. The minimum atomic E-state index is -3.81. The first kappa shape index (κ1) is 25.7. The fourth-order valence-electron chi connectivity index (χ4n) is 3.66.